The molecule has 0 spiro atoms. The van der Waals surface area contributed by atoms with Gasteiger partial charge in [-0.05, 0) is 44.0 Å². The lowest BCUT2D eigenvalue weighted by molar-refractivity contribution is -0.134. The third-order valence-corrected chi connectivity index (χ3v) is 3.15. The van der Waals surface area contributed by atoms with Crippen LogP contribution in [0.5, 0.6) is 11.5 Å². The third-order valence-electron chi connectivity index (χ3n) is 3.15. The van der Waals surface area contributed by atoms with Crippen molar-refractivity contribution in [3.8, 4) is 11.5 Å². The molecule has 0 saturated heterocycles. The topological polar surface area (TPSA) is 59.0 Å². The van der Waals surface area contributed by atoms with E-state index in [0.717, 1.165) is 18.6 Å². The summed E-state index contributed by atoms with van der Waals surface area (Å²) in [6, 6.07) is 7.49. The number of carbonyl (C=O) groups excluding carboxylic acids is 1. The first-order chi connectivity index (χ1) is 9.74. The number of benzene rings is 1. The molecule has 1 amide bonds. The Hall–Kier alpha value is -1.75. The molecule has 2 rings (SSSR count). The van der Waals surface area contributed by atoms with Gasteiger partial charge in [0.05, 0.1) is 13.2 Å². The predicted molar refractivity (Wildman–Crippen MR) is 74.9 cm³/mol. The number of hydrogen-bond acceptors (Lipinski definition) is 4. The minimum atomic E-state index is -0.0737. The third kappa shape index (κ3) is 4.13. The molecule has 0 unspecified atom stereocenters. The largest absolute Gasteiger partial charge is 0.494 e. The summed E-state index contributed by atoms with van der Waals surface area (Å²) in [6.45, 7) is 2.93. The van der Waals surface area contributed by atoms with Crippen molar-refractivity contribution < 1.29 is 19.4 Å². The van der Waals surface area contributed by atoms with E-state index in [2.05, 4.69) is 0 Å². The van der Waals surface area contributed by atoms with Gasteiger partial charge >= 0.3 is 0 Å². The van der Waals surface area contributed by atoms with Crippen LogP contribution < -0.4 is 9.47 Å². The maximum atomic E-state index is 12.0. The highest BCUT2D eigenvalue weighted by Crippen LogP contribution is 2.26. The van der Waals surface area contributed by atoms with Crippen LogP contribution in [-0.4, -0.2) is 48.3 Å². The minimum Gasteiger partial charge on any atom is -0.494 e. The molecule has 5 heteroatoms. The predicted octanol–water partition coefficient (Wildman–Crippen LogP) is 1.45. The molecule has 1 aliphatic rings. The van der Waals surface area contributed by atoms with Crippen LogP contribution in [0.2, 0.25) is 0 Å². The summed E-state index contributed by atoms with van der Waals surface area (Å²) in [4.78, 5) is 13.7. The second-order valence-electron chi connectivity index (χ2n) is 4.74. The van der Waals surface area contributed by atoms with Crippen molar-refractivity contribution in [3.63, 3.8) is 0 Å². The van der Waals surface area contributed by atoms with Gasteiger partial charge < -0.3 is 19.5 Å². The number of rotatable bonds is 8. The monoisotopic (exact) mass is 279 g/mol. The van der Waals surface area contributed by atoms with E-state index >= 15 is 0 Å². The van der Waals surface area contributed by atoms with Gasteiger partial charge in [0.2, 0.25) is 0 Å². The van der Waals surface area contributed by atoms with Crippen molar-refractivity contribution in [2.75, 3.05) is 26.4 Å². The van der Waals surface area contributed by atoms with Crippen molar-refractivity contribution in [2.45, 2.75) is 25.8 Å². The number of carbonyl (C=O) groups is 1. The standard InChI is InChI=1S/C15H21NO4/c1-2-19-13-5-7-14(8-6-13)20-11-15(18)16(9-10-17)12-3-4-12/h5-8,12,17H,2-4,9-11H2,1H3. The second-order valence-corrected chi connectivity index (χ2v) is 4.74. The Kier molecular flexibility index (Phi) is 5.24. The fourth-order valence-corrected chi connectivity index (χ4v) is 2.03. The van der Waals surface area contributed by atoms with Crippen molar-refractivity contribution in [1.29, 1.82) is 0 Å². The first kappa shape index (κ1) is 14.7. The van der Waals surface area contributed by atoms with E-state index in [1.165, 1.54) is 0 Å². The second kappa shape index (κ2) is 7.14. The summed E-state index contributed by atoms with van der Waals surface area (Å²) in [7, 11) is 0. The molecule has 1 aromatic rings. The van der Waals surface area contributed by atoms with Crippen LogP contribution in [0.25, 0.3) is 0 Å². The highest BCUT2D eigenvalue weighted by Gasteiger charge is 2.32. The Balaban J connectivity index is 1.82. The minimum absolute atomic E-state index is 0.00445. The average molecular weight is 279 g/mol. The maximum Gasteiger partial charge on any atom is 0.260 e. The number of aliphatic hydroxyl groups excluding tert-OH is 1. The first-order valence-electron chi connectivity index (χ1n) is 7.00. The van der Waals surface area contributed by atoms with Crippen LogP contribution >= 0.6 is 0 Å². The van der Waals surface area contributed by atoms with E-state index in [9.17, 15) is 4.79 Å². The molecule has 0 atom stereocenters. The Morgan fingerprint density at radius 1 is 1.25 bits per heavy atom. The van der Waals surface area contributed by atoms with Crippen molar-refractivity contribution >= 4 is 5.91 Å². The molecule has 0 aromatic heterocycles. The van der Waals surface area contributed by atoms with Crippen LogP contribution in [0.4, 0.5) is 0 Å². The molecule has 5 nitrogen and oxygen atoms in total. The zero-order chi connectivity index (χ0) is 14.4. The molecule has 1 saturated carbocycles. The van der Waals surface area contributed by atoms with Crippen LogP contribution in [-0.2, 0) is 4.79 Å². The summed E-state index contributed by atoms with van der Waals surface area (Å²) >= 11 is 0. The van der Waals surface area contributed by atoms with E-state index in [1.807, 2.05) is 19.1 Å². The van der Waals surface area contributed by atoms with Gasteiger partial charge in [-0.25, -0.2) is 0 Å². The van der Waals surface area contributed by atoms with E-state index < -0.39 is 0 Å². The van der Waals surface area contributed by atoms with Crippen LogP contribution in [0.1, 0.15) is 19.8 Å². The Morgan fingerprint density at radius 2 is 1.85 bits per heavy atom. The Bertz CT molecular complexity index is 428. The maximum absolute atomic E-state index is 12.0. The van der Waals surface area contributed by atoms with E-state index in [-0.39, 0.29) is 19.1 Å². The van der Waals surface area contributed by atoms with Gasteiger partial charge in [-0.1, -0.05) is 0 Å². The van der Waals surface area contributed by atoms with Crippen LogP contribution in [0, 0.1) is 0 Å². The number of ether oxygens (including phenoxy) is 2. The van der Waals surface area contributed by atoms with E-state index in [4.69, 9.17) is 14.6 Å². The van der Waals surface area contributed by atoms with Gasteiger partial charge in [0, 0.05) is 12.6 Å². The summed E-state index contributed by atoms with van der Waals surface area (Å²) in [5, 5.41) is 8.98. The molecule has 1 N–H and O–H groups in total. The van der Waals surface area contributed by atoms with Gasteiger partial charge in [-0.15, -0.1) is 0 Å². The lowest BCUT2D eigenvalue weighted by Crippen LogP contribution is -2.38. The smallest absolute Gasteiger partial charge is 0.260 e. The average Bonchev–Trinajstić information content (AvgIpc) is 3.28. The highest BCUT2D eigenvalue weighted by atomic mass is 16.5. The van der Waals surface area contributed by atoms with E-state index in [1.54, 1.807) is 17.0 Å². The quantitative estimate of drug-likeness (QED) is 0.782. The van der Waals surface area contributed by atoms with Crippen LogP contribution in [0.15, 0.2) is 24.3 Å². The molecule has 0 aliphatic heterocycles. The highest BCUT2D eigenvalue weighted by molar-refractivity contribution is 5.78. The molecule has 1 fully saturated rings. The van der Waals surface area contributed by atoms with Gasteiger partial charge in [0.1, 0.15) is 11.5 Å². The lowest BCUT2D eigenvalue weighted by atomic mass is 10.3. The molecule has 0 heterocycles. The first-order valence-corrected chi connectivity index (χ1v) is 7.00. The molecular formula is C15H21NO4. The number of aliphatic hydroxyl groups is 1. The SMILES string of the molecule is CCOc1ccc(OCC(=O)N(CCO)C2CC2)cc1. The zero-order valence-electron chi connectivity index (χ0n) is 11.7. The number of amides is 1. The molecule has 1 aliphatic carbocycles. The summed E-state index contributed by atoms with van der Waals surface area (Å²) < 4.78 is 10.8. The van der Waals surface area contributed by atoms with Crippen molar-refractivity contribution in [3.05, 3.63) is 24.3 Å². The van der Waals surface area contributed by atoms with Crippen molar-refractivity contribution in [1.82, 2.24) is 4.90 Å². The normalized spacial score (nSPS) is 13.9. The number of hydrogen-bond donors (Lipinski definition) is 1. The van der Waals surface area contributed by atoms with Crippen molar-refractivity contribution in [2.24, 2.45) is 0 Å². The molecule has 0 radical (unpaired) electrons. The molecule has 20 heavy (non-hydrogen) atoms. The van der Waals surface area contributed by atoms with Gasteiger partial charge in [-0.2, -0.15) is 0 Å². The zero-order valence-corrected chi connectivity index (χ0v) is 11.7. The Morgan fingerprint density at radius 3 is 2.35 bits per heavy atom. The number of nitrogens with zero attached hydrogens (tertiary/aromatic N) is 1. The summed E-state index contributed by atoms with van der Waals surface area (Å²) in [6.07, 6.45) is 2.05. The summed E-state index contributed by atoms with van der Waals surface area (Å²) in [5.74, 6) is 1.35. The van der Waals surface area contributed by atoms with Gasteiger partial charge in [-0.3, -0.25) is 4.79 Å². The Labute approximate surface area is 119 Å². The van der Waals surface area contributed by atoms with Gasteiger partial charge in [0.25, 0.3) is 5.91 Å². The fraction of sp³-hybridized carbons (Fsp3) is 0.533. The molecule has 110 valence electrons. The van der Waals surface area contributed by atoms with Crippen LogP contribution in [0.3, 0.4) is 0 Å². The molecule has 1 aromatic carbocycles. The summed E-state index contributed by atoms with van der Waals surface area (Å²) in [5.41, 5.74) is 0. The lowest BCUT2D eigenvalue weighted by Gasteiger charge is -2.21. The molecular weight excluding hydrogens is 258 g/mol. The van der Waals surface area contributed by atoms with Gasteiger partial charge in [0.15, 0.2) is 6.61 Å². The molecule has 0 bridgehead atoms. The van der Waals surface area contributed by atoms with E-state index in [0.29, 0.717) is 24.9 Å². The fourth-order valence-electron chi connectivity index (χ4n) is 2.03.